The predicted octanol–water partition coefficient (Wildman–Crippen LogP) is 2.62. The van der Waals surface area contributed by atoms with Crippen LogP contribution in [0.2, 0.25) is 0 Å². The number of ether oxygens (including phenoxy) is 4. The number of quaternary nitrogens is 1. The van der Waals surface area contributed by atoms with E-state index in [1.165, 1.54) is 12.6 Å². The number of nitrogens with two attached hydrogens (primary N) is 1. The van der Waals surface area contributed by atoms with Gasteiger partial charge in [0.1, 0.15) is 12.7 Å². The molecule has 1 amide bonds. The van der Waals surface area contributed by atoms with Gasteiger partial charge >= 0.3 is 0 Å². The molecule has 1 aromatic rings. The molecule has 1 aliphatic carbocycles. The Morgan fingerprint density at radius 3 is 2.60 bits per heavy atom. The average Bonchev–Trinajstić information content (AvgIpc) is 2.90. The Hall–Kier alpha value is -2.10. The van der Waals surface area contributed by atoms with E-state index >= 15 is 0 Å². The molecular weight excluding hydrogens is 446 g/mol. The molecule has 0 aromatic heterocycles. The number of hydrogen-bond acceptors (Lipinski definition) is 6. The molecule has 1 fully saturated rings. The molecule has 2 rings (SSSR count). The van der Waals surface area contributed by atoms with Crippen molar-refractivity contribution in [1.29, 1.82) is 5.41 Å². The summed E-state index contributed by atoms with van der Waals surface area (Å²) < 4.78 is 21.6. The van der Waals surface area contributed by atoms with Crippen LogP contribution in [0, 0.1) is 5.41 Å². The Morgan fingerprint density at radius 2 is 1.91 bits per heavy atom. The van der Waals surface area contributed by atoms with Crippen LogP contribution in [0.3, 0.4) is 0 Å². The quantitative estimate of drug-likeness (QED) is 0.199. The number of rotatable bonds is 17. The average molecular weight is 491 g/mol. The summed E-state index contributed by atoms with van der Waals surface area (Å²) in [6.45, 7) is 2.87. The highest BCUT2D eigenvalue weighted by Crippen LogP contribution is 2.24. The first-order valence-electron chi connectivity index (χ1n) is 12.7. The molecule has 0 heterocycles. The minimum absolute atomic E-state index is 0.100. The van der Waals surface area contributed by atoms with Crippen molar-refractivity contribution < 1.29 is 29.1 Å². The maximum Gasteiger partial charge on any atom is 0.225 e. The second-order valence-electron chi connectivity index (χ2n) is 8.84. The number of allylic oxidation sites excluding steroid dienone is 1. The molecule has 8 nitrogen and oxygen atoms in total. The largest absolute Gasteiger partial charge is 0.381 e. The fraction of sp³-hybridized carbons (Fsp3) is 0.630. The van der Waals surface area contributed by atoms with E-state index in [1.807, 2.05) is 28.5 Å². The lowest BCUT2D eigenvalue weighted by Crippen LogP contribution is -2.79. The smallest absolute Gasteiger partial charge is 0.225 e. The summed E-state index contributed by atoms with van der Waals surface area (Å²) >= 11 is 0. The van der Waals surface area contributed by atoms with Gasteiger partial charge in [0, 0.05) is 33.6 Å². The summed E-state index contributed by atoms with van der Waals surface area (Å²) in [7, 11) is 4.90. The van der Waals surface area contributed by atoms with Crippen LogP contribution >= 0.6 is 0 Å². The third-order valence-corrected chi connectivity index (χ3v) is 6.40. The number of methoxy groups -OCH3 is 3. The van der Waals surface area contributed by atoms with Crippen molar-refractivity contribution in [2.24, 2.45) is 0 Å². The van der Waals surface area contributed by atoms with Crippen LogP contribution in [0.4, 0.5) is 0 Å². The number of amides is 1. The lowest BCUT2D eigenvalue weighted by atomic mass is 9.94. The third kappa shape index (κ3) is 10.6. The van der Waals surface area contributed by atoms with Crippen LogP contribution in [0.25, 0.3) is 5.57 Å². The fourth-order valence-electron chi connectivity index (χ4n) is 4.38. The summed E-state index contributed by atoms with van der Waals surface area (Å²) in [5.41, 5.74) is 3.02. The molecule has 1 aliphatic rings. The standard InChI is InChI=1S/C27H43N3O5/c1-32-17-14-29-20-24(19-28)23-9-7-8-22(18-23)12-15-35-16-13-26(31)30(21-27(33-2)34-3)25-10-5-4-6-11-25/h7-9,18-20,25,27-29H,4-6,10-17,21H2,1-3H3/p+1. The van der Waals surface area contributed by atoms with E-state index in [4.69, 9.17) is 24.4 Å². The molecule has 0 unspecified atom stereocenters. The molecule has 196 valence electrons. The van der Waals surface area contributed by atoms with Gasteiger partial charge in [-0.2, -0.15) is 0 Å². The first-order valence-corrected chi connectivity index (χ1v) is 12.7. The van der Waals surface area contributed by atoms with Gasteiger partial charge in [-0.25, -0.2) is 0 Å². The molecule has 35 heavy (non-hydrogen) atoms. The van der Waals surface area contributed by atoms with Crippen molar-refractivity contribution in [3.63, 3.8) is 0 Å². The number of benzene rings is 1. The van der Waals surface area contributed by atoms with Crippen molar-refractivity contribution >= 4 is 17.7 Å². The van der Waals surface area contributed by atoms with E-state index in [0.717, 1.165) is 55.3 Å². The van der Waals surface area contributed by atoms with Gasteiger partial charge in [-0.3, -0.25) is 4.79 Å². The number of hydrogen-bond donors (Lipinski definition) is 2. The number of nitrogens with one attached hydrogen (secondary N) is 1. The Balaban J connectivity index is 1.82. The normalized spacial score (nSPS) is 14.9. The maximum atomic E-state index is 13.0. The number of carbonyl (C=O) groups is 1. The lowest BCUT2D eigenvalue weighted by molar-refractivity contribution is -0.588. The van der Waals surface area contributed by atoms with E-state index in [-0.39, 0.29) is 11.9 Å². The zero-order valence-corrected chi connectivity index (χ0v) is 21.7. The van der Waals surface area contributed by atoms with Gasteiger partial charge in [0.15, 0.2) is 6.29 Å². The molecule has 8 heteroatoms. The van der Waals surface area contributed by atoms with E-state index in [1.54, 1.807) is 21.3 Å². The molecule has 1 saturated carbocycles. The van der Waals surface area contributed by atoms with Gasteiger partial charge in [-0.15, -0.1) is 0 Å². The van der Waals surface area contributed by atoms with E-state index in [0.29, 0.717) is 32.8 Å². The number of nitrogens with zero attached hydrogens (tertiary/aromatic N) is 1. The molecule has 3 N–H and O–H groups in total. The molecule has 0 saturated heterocycles. The van der Waals surface area contributed by atoms with Crippen LogP contribution in [0.5, 0.6) is 0 Å². The van der Waals surface area contributed by atoms with Gasteiger partial charge in [0.05, 0.1) is 38.4 Å². The Labute approximate surface area is 210 Å². The van der Waals surface area contributed by atoms with Crippen LogP contribution in [-0.4, -0.2) is 83.6 Å². The van der Waals surface area contributed by atoms with E-state index in [2.05, 4.69) is 12.1 Å². The first kappa shape index (κ1) is 29.1. The Bertz CT molecular complexity index is 776. The van der Waals surface area contributed by atoms with Gasteiger partial charge in [-0.05, 0) is 30.4 Å². The monoisotopic (exact) mass is 490 g/mol. The highest BCUT2D eigenvalue weighted by Gasteiger charge is 2.27. The van der Waals surface area contributed by atoms with Gasteiger partial charge in [-0.1, -0.05) is 43.5 Å². The van der Waals surface area contributed by atoms with E-state index in [9.17, 15) is 4.79 Å². The highest BCUT2D eigenvalue weighted by molar-refractivity contribution is 6.07. The summed E-state index contributed by atoms with van der Waals surface area (Å²) in [6.07, 6.45) is 9.68. The SMILES string of the molecule is COCC[NH2+]C=C(C=N)c1cccc(CCOCCC(=O)N(CC(OC)OC)C2CCCCC2)c1. The Kier molecular flexibility index (Phi) is 14.4. The van der Waals surface area contributed by atoms with Crippen LogP contribution < -0.4 is 5.32 Å². The molecule has 0 spiro atoms. The third-order valence-electron chi connectivity index (χ3n) is 6.40. The summed E-state index contributed by atoms with van der Waals surface area (Å²) in [4.78, 5) is 15.0. The molecular formula is C27H44N3O5+. The minimum atomic E-state index is -0.411. The summed E-state index contributed by atoms with van der Waals surface area (Å²) in [5, 5.41) is 9.76. The van der Waals surface area contributed by atoms with Gasteiger partial charge < -0.3 is 34.6 Å². The van der Waals surface area contributed by atoms with Crippen molar-refractivity contribution in [3.8, 4) is 0 Å². The topological polar surface area (TPSA) is 97.7 Å². The minimum Gasteiger partial charge on any atom is -0.381 e. The van der Waals surface area contributed by atoms with Crippen LogP contribution in [-0.2, 0) is 30.2 Å². The zero-order chi connectivity index (χ0) is 25.3. The molecule has 0 aliphatic heterocycles. The van der Waals surface area contributed by atoms with Crippen molar-refractivity contribution in [3.05, 3.63) is 41.6 Å². The molecule has 0 radical (unpaired) electrons. The van der Waals surface area contributed by atoms with Crippen molar-refractivity contribution in [1.82, 2.24) is 4.90 Å². The predicted molar refractivity (Wildman–Crippen MR) is 137 cm³/mol. The maximum absolute atomic E-state index is 13.0. The first-order chi connectivity index (χ1) is 17.1. The second kappa shape index (κ2) is 17.3. The van der Waals surface area contributed by atoms with Crippen molar-refractivity contribution in [2.45, 2.75) is 57.3 Å². The second-order valence-corrected chi connectivity index (χ2v) is 8.84. The van der Waals surface area contributed by atoms with E-state index < -0.39 is 6.29 Å². The number of carbonyl (C=O) groups excluding carboxylic acids is 1. The van der Waals surface area contributed by atoms with Crippen molar-refractivity contribution in [2.75, 3.05) is 54.2 Å². The highest BCUT2D eigenvalue weighted by atomic mass is 16.7. The van der Waals surface area contributed by atoms with Gasteiger partial charge in [0.25, 0.3) is 0 Å². The fourth-order valence-corrected chi connectivity index (χ4v) is 4.38. The summed E-state index contributed by atoms with van der Waals surface area (Å²) in [6, 6.07) is 8.43. The van der Waals surface area contributed by atoms with Crippen LogP contribution in [0.15, 0.2) is 30.5 Å². The molecule has 0 bridgehead atoms. The molecule has 0 atom stereocenters. The summed E-state index contributed by atoms with van der Waals surface area (Å²) in [5.74, 6) is 0.100. The zero-order valence-electron chi connectivity index (χ0n) is 21.7. The van der Waals surface area contributed by atoms with Crippen LogP contribution in [0.1, 0.15) is 49.7 Å². The lowest BCUT2D eigenvalue weighted by Gasteiger charge is -2.36. The van der Waals surface area contributed by atoms with Gasteiger partial charge in [0.2, 0.25) is 5.91 Å². The Morgan fingerprint density at radius 1 is 1.14 bits per heavy atom. The molecule has 1 aromatic carbocycles.